The van der Waals surface area contributed by atoms with Crippen LogP contribution in [-0.2, 0) is 16.4 Å². The summed E-state index contributed by atoms with van der Waals surface area (Å²) in [6, 6.07) is 6.38. The maximum atomic E-state index is 11.1. The lowest BCUT2D eigenvalue weighted by atomic mass is 10.1. The van der Waals surface area contributed by atoms with Crippen molar-refractivity contribution in [3.8, 4) is 0 Å². The molecule has 0 aliphatic heterocycles. The Kier molecular flexibility index (Phi) is 4.65. The van der Waals surface area contributed by atoms with Gasteiger partial charge in [0.1, 0.15) is 0 Å². The number of nitrogens with one attached hydrogen (secondary N) is 1. The van der Waals surface area contributed by atoms with Gasteiger partial charge in [-0.1, -0.05) is 12.1 Å². The fourth-order valence-electron chi connectivity index (χ4n) is 1.27. The Morgan fingerprint density at radius 3 is 2.35 bits per heavy atom. The second-order valence-electron chi connectivity index (χ2n) is 3.55. The first-order valence-corrected chi connectivity index (χ1v) is 6.89. The standard InChI is InChI=1S/C11H15NO4S/c1-2-17(15,16)12-8-7-9-3-5-10(6-4-9)11(13)14/h3-6,12H,2,7-8H2,1H3,(H,13,14). The zero-order valence-electron chi connectivity index (χ0n) is 9.51. The highest BCUT2D eigenvalue weighted by Gasteiger charge is 2.05. The molecule has 0 bridgehead atoms. The molecule has 1 aromatic carbocycles. The molecule has 17 heavy (non-hydrogen) atoms. The summed E-state index contributed by atoms with van der Waals surface area (Å²) in [5.74, 6) is -0.909. The van der Waals surface area contributed by atoms with Gasteiger partial charge in [0.2, 0.25) is 10.0 Å². The molecule has 1 rings (SSSR count). The van der Waals surface area contributed by atoms with E-state index in [2.05, 4.69) is 4.72 Å². The molecule has 0 aliphatic carbocycles. The molecule has 0 radical (unpaired) electrons. The van der Waals surface area contributed by atoms with Crippen LogP contribution in [0.5, 0.6) is 0 Å². The minimum Gasteiger partial charge on any atom is -0.478 e. The second kappa shape index (κ2) is 5.79. The van der Waals surface area contributed by atoms with Gasteiger partial charge < -0.3 is 5.11 Å². The number of sulfonamides is 1. The summed E-state index contributed by atoms with van der Waals surface area (Å²) in [4.78, 5) is 10.6. The van der Waals surface area contributed by atoms with Crippen molar-refractivity contribution in [2.24, 2.45) is 0 Å². The van der Waals surface area contributed by atoms with E-state index in [1.807, 2.05) is 0 Å². The maximum absolute atomic E-state index is 11.1. The molecule has 6 heteroatoms. The summed E-state index contributed by atoms with van der Waals surface area (Å²) in [6.07, 6.45) is 0.541. The highest BCUT2D eigenvalue weighted by molar-refractivity contribution is 7.89. The van der Waals surface area contributed by atoms with Gasteiger partial charge in [-0.05, 0) is 31.0 Å². The number of carbonyl (C=O) groups is 1. The molecule has 0 unspecified atom stereocenters. The Balaban J connectivity index is 2.51. The second-order valence-corrected chi connectivity index (χ2v) is 5.65. The van der Waals surface area contributed by atoms with E-state index in [-0.39, 0.29) is 11.3 Å². The van der Waals surface area contributed by atoms with Crippen LogP contribution in [0.25, 0.3) is 0 Å². The van der Waals surface area contributed by atoms with E-state index in [9.17, 15) is 13.2 Å². The Hall–Kier alpha value is -1.40. The van der Waals surface area contributed by atoms with Gasteiger partial charge in [-0.2, -0.15) is 0 Å². The summed E-state index contributed by atoms with van der Waals surface area (Å²) in [5, 5.41) is 8.70. The molecule has 5 nitrogen and oxygen atoms in total. The van der Waals surface area contributed by atoms with Crippen molar-refractivity contribution >= 4 is 16.0 Å². The Morgan fingerprint density at radius 2 is 1.88 bits per heavy atom. The van der Waals surface area contributed by atoms with E-state index in [4.69, 9.17) is 5.11 Å². The van der Waals surface area contributed by atoms with Crippen molar-refractivity contribution < 1.29 is 18.3 Å². The first-order valence-electron chi connectivity index (χ1n) is 5.24. The number of hydrogen-bond donors (Lipinski definition) is 2. The van der Waals surface area contributed by atoms with E-state index in [0.29, 0.717) is 13.0 Å². The van der Waals surface area contributed by atoms with Crippen LogP contribution < -0.4 is 4.72 Å². The van der Waals surface area contributed by atoms with Gasteiger partial charge in [0.05, 0.1) is 11.3 Å². The van der Waals surface area contributed by atoms with Crippen LogP contribution in [0.2, 0.25) is 0 Å². The van der Waals surface area contributed by atoms with Crippen LogP contribution >= 0.6 is 0 Å². The molecule has 2 N–H and O–H groups in total. The lowest BCUT2D eigenvalue weighted by Crippen LogP contribution is -2.27. The topological polar surface area (TPSA) is 83.5 Å². The van der Waals surface area contributed by atoms with Gasteiger partial charge in [0.25, 0.3) is 0 Å². The van der Waals surface area contributed by atoms with Crippen LogP contribution in [0.3, 0.4) is 0 Å². The third kappa shape index (κ3) is 4.54. The number of carboxylic acid groups (broad SMARTS) is 1. The molecule has 0 saturated carbocycles. The quantitative estimate of drug-likeness (QED) is 0.792. The molecule has 0 spiro atoms. The molecule has 0 heterocycles. The number of carboxylic acids is 1. The SMILES string of the molecule is CCS(=O)(=O)NCCc1ccc(C(=O)O)cc1. The molecular formula is C11H15NO4S. The van der Waals surface area contributed by atoms with Crippen molar-refractivity contribution in [3.63, 3.8) is 0 Å². The minimum atomic E-state index is -3.16. The minimum absolute atomic E-state index is 0.0605. The van der Waals surface area contributed by atoms with Crippen molar-refractivity contribution in [2.75, 3.05) is 12.3 Å². The molecular weight excluding hydrogens is 242 g/mol. The van der Waals surface area contributed by atoms with Crippen LogP contribution in [0.4, 0.5) is 0 Å². The van der Waals surface area contributed by atoms with E-state index < -0.39 is 16.0 Å². The van der Waals surface area contributed by atoms with Crippen LogP contribution in [0.15, 0.2) is 24.3 Å². The van der Waals surface area contributed by atoms with E-state index in [1.54, 1.807) is 19.1 Å². The van der Waals surface area contributed by atoms with Crippen molar-refractivity contribution in [3.05, 3.63) is 35.4 Å². The summed E-state index contributed by atoms with van der Waals surface area (Å²) in [7, 11) is -3.16. The van der Waals surface area contributed by atoms with Crippen molar-refractivity contribution in [1.29, 1.82) is 0 Å². The maximum Gasteiger partial charge on any atom is 0.335 e. The predicted octanol–water partition coefficient (Wildman–Crippen LogP) is 0.867. The van der Waals surface area contributed by atoms with Gasteiger partial charge in [-0.25, -0.2) is 17.9 Å². The third-order valence-corrected chi connectivity index (χ3v) is 3.72. The molecule has 0 atom stereocenters. The number of rotatable bonds is 6. The van der Waals surface area contributed by atoms with Gasteiger partial charge in [-0.15, -0.1) is 0 Å². The van der Waals surface area contributed by atoms with E-state index in [1.165, 1.54) is 12.1 Å². The molecule has 0 fully saturated rings. The first-order chi connectivity index (χ1) is 7.94. The van der Waals surface area contributed by atoms with Crippen molar-refractivity contribution in [2.45, 2.75) is 13.3 Å². The molecule has 94 valence electrons. The average Bonchev–Trinajstić information content (AvgIpc) is 2.29. The van der Waals surface area contributed by atoms with Crippen LogP contribution in [0.1, 0.15) is 22.8 Å². The molecule has 0 aromatic heterocycles. The fraction of sp³-hybridized carbons (Fsp3) is 0.364. The largest absolute Gasteiger partial charge is 0.478 e. The van der Waals surface area contributed by atoms with Crippen LogP contribution in [-0.4, -0.2) is 31.8 Å². The highest BCUT2D eigenvalue weighted by Crippen LogP contribution is 2.04. The lowest BCUT2D eigenvalue weighted by Gasteiger charge is -2.04. The van der Waals surface area contributed by atoms with Gasteiger partial charge in [0, 0.05) is 6.54 Å². The zero-order chi connectivity index (χ0) is 12.9. The summed E-state index contributed by atoms with van der Waals surface area (Å²) in [5.41, 5.74) is 1.12. The third-order valence-electron chi connectivity index (χ3n) is 2.32. The number of hydrogen-bond acceptors (Lipinski definition) is 3. The fourth-order valence-corrected chi connectivity index (χ4v) is 1.88. The van der Waals surface area contributed by atoms with Crippen LogP contribution in [0, 0.1) is 0 Å². The first kappa shape index (κ1) is 13.7. The van der Waals surface area contributed by atoms with Gasteiger partial charge in [-0.3, -0.25) is 0 Å². The normalized spacial score (nSPS) is 11.4. The average molecular weight is 257 g/mol. The van der Waals surface area contributed by atoms with E-state index in [0.717, 1.165) is 5.56 Å². The predicted molar refractivity (Wildman–Crippen MR) is 64.6 cm³/mol. The smallest absolute Gasteiger partial charge is 0.335 e. The number of aromatic carboxylic acids is 1. The zero-order valence-corrected chi connectivity index (χ0v) is 10.3. The Bertz CT molecular complexity index is 479. The Morgan fingerprint density at radius 1 is 1.29 bits per heavy atom. The highest BCUT2D eigenvalue weighted by atomic mass is 32.2. The monoisotopic (exact) mass is 257 g/mol. The molecule has 1 aromatic rings. The van der Waals surface area contributed by atoms with E-state index >= 15 is 0 Å². The summed E-state index contributed by atoms with van der Waals surface area (Å²) >= 11 is 0. The Labute approximate surface area is 101 Å². The molecule has 0 saturated heterocycles. The molecule has 0 amide bonds. The van der Waals surface area contributed by atoms with Gasteiger partial charge in [0.15, 0.2) is 0 Å². The summed E-state index contributed by atoms with van der Waals surface area (Å²) < 4.78 is 24.7. The molecule has 0 aliphatic rings. The van der Waals surface area contributed by atoms with Gasteiger partial charge >= 0.3 is 5.97 Å². The van der Waals surface area contributed by atoms with Crippen molar-refractivity contribution in [1.82, 2.24) is 4.72 Å². The lowest BCUT2D eigenvalue weighted by molar-refractivity contribution is 0.0697. The summed E-state index contributed by atoms with van der Waals surface area (Å²) in [6.45, 7) is 1.90. The number of benzene rings is 1.